The van der Waals surface area contributed by atoms with Gasteiger partial charge in [-0.25, -0.2) is 9.59 Å². The van der Waals surface area contributed by atoms with Crippen molar-refractivity contribution in [1.29, 1.82) is 0 Å². The minimum absolute atomic E-state index is 0.0838. The molecule has 6 unspecified atom stereocenters. The number of esters is 2. The zero-order chi connectivity index (χ0) is 18.7. The maximum atomic E-state index is 12.3. The lowest BCUT2D eigenvalue weighted by Gasteiger charge is -2.23. The zero-order valence-electron chi connectivity index (χ0n) is 12.7. The highest BCUT2D eigenvalue weighted by atomic mass is 32.2. The minimum Gasteiger partial charge on any atom is -0.454 e. The number of hydrogen-bond donors (Lipinski definition) is 0. The second kappa shape index (κ2) is 5.68. The molecule has 3 aliphatic rings. The lowest BCUT2D eigenvalue weighted by molar-refractivity contribution is -0.175. The molecule has 0 aromatic carbocycles. The molecule has 140 valence electrons. The van der Waals surface area contributed by atoms with Gasteiger partial charge >= 0.3 is 18.1 Å². The standard InChI is InChI=1S/C13H13F3O8S/c1-4(13(14,15)16)11(17)21-5(2)12(18)23-8-6-3-7-9(22-6)10(8)24-25(7,19)20/h5-10H,1,3H2,2H3. The van der Waals surface area contributed by atoms with Crippen molar-refractivity contribution in [3.05, 3.63) is 12.2 Å². The summed E-state index contributed by atoms with van der Waals surface area (Å²) in [7, 11) is -3.81. The van der Waals surface area contributed by atoms with Crippen LogP contribution in [0.5, 0.6) is 0 Å². The first kappa shape index (κ1) is 18.1. The van der Waals surface area contributed by atoms with Gasteiger partial charge in [-0.2, -0.15) is 21.6 Å². The molecule has 12 heteroatoms. The highest BCUT2D eigenvalue weighted by Gasteiger charge is 2.67. The number of carbonyl (C=O) groups is 2. The zero-order valence-corrected chi connectivity index (χ0v) is 13.5. The van der Waals surface area contributed by atoms with E-state index in [0.717, 1.165) is 6.92 Å². The summed E-state index contributed by atoms with van der Waals surface area (Å²) in [6.45, 7) is 3.58. The van der Waals surface area contributed by atoms with E-state index in [1.54, 1.807) is 0 Å². The summed E-state index contributed by atoms with van der Waals surface area (Å²) in [6, 6.07) is 0. The van der Waals surface area contributed by atoms with Crippen LogP contribution < -0.4 is 0 Å². The smallest absolute Gasteiger partial charge is 0.422 e. The van der Waals surface area contributed by atoms with Gasteiger partial charge in [0.2, 0.25) is 0 Å². The Morgan fingerprint density at radius 2 is 1.92 bits per heavy atom. The van der Waals surface area contributed by atoms with Crippen LogP contribution >= 0.6 is 0 Å². The number of hydrogen-bond acceptors (Lipinski definition) is 8. The van der Waals surface area contributed by atoms with E-state index < -0.39 is 69.6 Å². The Morgan fingerprint density at radius 3 is 2.52 bits per heavy atom. The van der Waals surface area contributed by atoms with Gasteiger partial charge in [0.15, 0.2) is 12.2 Å². The number of alkyl halides is 3. The first-order valence-electron chi connectivity index (χ1n) is 7.17. The molecule has 3 rings (SSSR count). The maximum Gasteiger partial charge on any atom is 0.422 e. The van der Waals surface area contributed by atoms with Crippen LogP contribution in [0.3, 0.4) is 0 Å². The van der Waals surface area contributed by atoms with E-state index >= 15 is 0 Å². The van der Waals surface area contributed by atoms with Crippen LogP contribution in [-0.2, 0) is 38.1 Å². The Morgan fingerprint density at radius 1 is 1.28 bits per heavy atom. The average molecular weight is 386 g/mol. The van der Waals surface area contributed by atoms with Crippen LogP contribution in [0.25, 0.3) is 0 Å². The molecule has 3 fully saturated rings. The van der Waals surface area contributed by atoms with Gasteiger partial charge in [0, 0.05) is 0 Å². The molecular weight excluding hydrogens is 373 g/mol. The first-order chi connectivity index (χ1) is 11.4. The van der Waals surface area contributed by atoms with Crippen LogP contribution in [0.4, 0.5) is 13.2 Å². The topological polar surface area (TPSA) is 105 Å². The molecule has 3 heterocycles. The van der Waals surface area contributed by atoms with Crippen molar-refractivity contribution >= 4 is 22.1 Å². The molecule has 2 bridgehead atoms. The Hall–Kier alpha value is -1.66. The second-order valence-electron chi connectivity index (χ2n) is 5.89. The van der Waals surface area contributed by atoms with Gasteiger partial charge in [-0.1, -0.05) is 6.58 Å². The maximum absolute atomic E-state index is 12.3. The minimum atomic E-state index is -4.99. The summed E-state index contributed by atoms with van der Waals surface area (Å²) in [5.41, 5.74) is -1.76. The first-order valence-corrected chi connectivity index (χ1v) is 8.64. The van der Waals surface area contributed by atoms with Crippen LogP contribution in [0.1, 0.15) is 13.3 Å². The van der Waals surface area contributed by atoms with E-state index in [-0.39, 0.29) is 6.42 Å². The van der Waals surface area contributed by atoms with Gasteiger partial charge in [0.25, 0.3) is 10.1 Å². The largest absolute Gasteiger partial charge is 0.454 e. The Labute approximate surface area is 140 Å². The average Bonchev–Trinajstić information content (AvgIpc) is 3.09. The molecule has 0 N–H and O–H groups in total. The summed E-state index contributed by atoms with van der Waals surface area (Å²) in [5.74, 6) is -2.95. The monoisotopic (exact) mass is 386 g/mol. The summed E-state index contributed by atoms with van der Waals surface area (Å²) in [6.07, 6.45) is -10.1. The highest BCUT2D eigenvalue weighted by Crippen LogP contribution is 2.47. The Balaban J connectivity index is 1.60. The van der Waals surface area contributed by atoms with E-state index in [1.807, 2.05) is 0 Å². The summed E-state index contributed by atoms with van der Waals surface area (Å²) in [5, 5.41) is -0.817. The van der Waals surface area contributed by atoms with Crippen molar-refractivity contribution in [1.82, 2.24) is 0 Å². The molecule has 0 amide bonds. The molecule has 0 spiro atoms. The van der Waals surface area contributed by atoms with Gasteiger partial charge in [-0.3, -0.25) is 4.18 Å². The molecule has 0 saturated carbocycles. The quantitative estimate of drug-likeness (QED) is 0.384. The fourth-order valence-electron chi connectivity index (χ4n) is 2.99. The van der Waals surface area contributed by atoms with Crippen molar-refractivity contribution in [2.24, 2.45) is 0 Å². The second-order valence-corrected chi connectivity index (χ2v) is 7.68. The SMILES string of the molecule is C=C(C(=O)OC(C)C(=O)OC1C2CC3C(O2)C1OS3(=O)=O)C(F)(F)F. The summed E-state index contributed by atoms with van der Waals surface area (Å²) >= 11 is 0. The number of halogens is 3. The van der Waals surface area contributed by atoms with Crippen molar-refractivity contribution in [2.75, 3.05) is 0 Å². The molecule has 0 radical (unpaired) electrons. The van der Waals surface area contributed by atoms with E-state index in [2.05, 4.69) is 11.3 Å². The third-order valence-corrected chi connectivity index (χ3v) is 5.94. The molecule has 3 saturated heterocycles. The molecule has 25 heavy (non-hydrogen) atoms. The third kappa shape index (κ3) is 3.02. The predicted molar refractivity (Wildman–Crippen MR) is 71.5 cm³/mol. The Kier molecular flexibility index (Phi) is 4.12. The Bertz CT molecular complexity index is 730. The lowest BCUT2D eigenvalue weighted by atomic mass is 9.94. The molecule has 0 aromatic rings. The van der Waals surface area contributed by atoms with Gasteiger partial charge < -0.3 is 14.2 Å². The fourth-order valence-corrected chi connectivity index (χ4v) is 4.64. The normalized spacial score (nSPS) is 36.1. The van der Waals surface area contributed by atoms with Crippen LogP contribution in [0.2, 0.25) is 0 Å². The predicted octanol–water partition coefficient (Wildman–Crippen LogP) is 0.217. The van der Waals surface area contributed by atoms with Crippen LogP contribution in [-0.4, -0.2) is 62.3 Å². The van der Waals surface area contributed by atoms with E-state index in [9.17, 15) is 31.2 Å². The molecular formula is C13H13F3O8S. The molecule has 6 atom stereocenters. The van der Waals surface area contributed by atoms with E-state index in [1.165, 1.54) is 0 Å². The molecule has 0 aromatic heterocycles. The van der Waals surface area contributed by atoms with Crippen molar-refractivity contribution in [3.8, 4) is 0 Å². The highest BCUT2D eigenvalue weighted by molar-refractivity contribution is 7.87. The summed E-state index contributed by atoms with van der Waals surface area (Å²) < 4.78 is 80.2. The van der Waals surface area contributed by atoms with Crippen molar-refractivity contribution < 1.29 is 49.6 Å². The van der Waals surface area contributed by atoms with Crippen molar-refractivity contribution in [3.63, 3.8) is 0 Å². The molecule has 8 nitrogen and oxygen atoms in total. The summed E-state index contributed by atoms with van der Waals surface area (Å²) in [4.78, 5) is 23.3. The number of fused-ring (bicyclic) bond motifs is 1. The van der Waals surface area contributed by atoms with Gasteiger partial charge in [0.1, 0.15) is 23.0 Å². The van der Waals surface area contributed by atoms with Gasteiger partial charge in [0.05, 0.1) is 6.10 Å². The number of ether oxygens (including phenoxy) is 3. The van der Waals surface area contributed by atoms with Crippen LogP contribution in [0.15, 0.2) is 12.2 Å². The fraction of sp³-hybridized carbons (Fsp3) is 0.692. The molecule has 3 aliphatic heterocycles. The van der Waals surface area contributed by atoms with Crippen molar-refractivity contribution in [2.45, 2.75) is 55.3 Å². The van der Waals surface area contributed by atoms with Crippen LogP contribution in [0, 0.1) is 0 Å². The number of carbonyl (C=O) groups excluding carboxylic acids is 2. The van der Waals surface area contributed by atoms with Gasteiger partial charge in [-0.05, 0) is 13.3 Å². The van der Waals surface area contributed by atoms with E-state index in [4.69, 9.17) is 13.7 Å². The lowest BCUT2D eigenvalue weighted by Crippen LogP contribution is -2.43. The number of rotatable bonds is 4. The van der Waals surface area contributed by atoms with Gasteiger partial charge in [-0.15, -0.1) is 0 Å². The third-order valence-electron chi connectivity index (χ3n) is 4.25. The molecule has 0 aliphatic carbocycles. The van der Waals surface area contributed by atoms with E-state index in [0.29, 0.717) is 0 Å².